The first-order valence-electron chi connectivity index (χ1n) is 6.79. The van der Waals surface area contributed by atoms with Gasteiger partial charge in [0.05, 0.1) is 25.1 Å². The molecule has 0 aliphatic carbocycles. The Morgan fingerprint density at radius 2 is 2.15 bits per heavy atom. The minimum absolute atomic E-state index is 0.00701. The maximum Gasteiger partial charge on any atom is 0.221 e. The van der Waals surface area contributed by atoms with Gasteiger partial charge in [0.2, 0.25) is 5.91 Å². The van der Waals surface area contributed by atoms with Crippen LogP contribution < -0.4 is 10.5 Å². The van der Waals surface area contributed by atoms with Crippen LogP contribution in [0.4, 0.5) is 0 Å². The molecular weight excluding hydrogens is 256 g/mol. The van der Waals surface area contributed by atoms with Crippen LogP contribution in [-0.4, -0.2) is 43.3 Å². The Morgan fingerprint density at radius 1 is 1.40 bits per heavy atom. The summed E-state index contributed by atoms with van der Waals surface area (Å²) in [7, 11) is 1.55. The molecule has 0 bridgehead atoms. The quantitative estimate of drug-likeness (QED) is 0.817. The molecule has 0 aromatic heterocycles. The lowest BCUT2D eigenvalue weighted by Crippen LogP contribution is -2.43. The third-order valence-electron chi connectivity index (χ3n) is 3.68. The summed E-state index contributed by atoms with van der Waals surface area (Å²) in [6.07, 6.45) is 1.71. The van der Waals surface area contributed by atoms with Gasteiger partial charge in [-0.2, -0.15) is 0 Å². The van der Waals surface area contributed by atoms with Crippen LogP contribution in [0.1, 0.15) is 23.2 Å². The van der Waals surface area contributed by atoms with Gasteiger partial charge < -0.3 is 10.5 Å². The summed E-state index contributed by atoms with van der Waals surface area (Å²) >= 11 is 0. The molecule has 1 unspecified atom stereocenters. The van der Waals surface area contributed by atoms with Crippen LogP contribution in [0.15, 0.2) is 24.3 Å². The lowest BCUT2D eigenvalue weighted by Gasteiger charge is -2.30. The number of methoxy groups -OCH3 is 1. The number of ketones is 1. The fourth-order valence-corrected chi connectivity index (χ4v) is 2.59. The first kappa shape index (κ1) is 14.5. The molecule has 1 aromatic carbocycles. The first-order chi connectivity index (χ1) is 9.61. The molecule has 1 heterocycles. The van der Waals surface area contributed by atoms with E-state index < -0.39 is 0 Å². The molecule has 2 N–H and O–H groups in total. The largest absolute Gasteiger partial charge is 0.496 e. The number of Topliss-reactive ketones (excluding diaryl/α,β-unsaturated/α-hetero) is 1. The Kier molecular flexibility index (Phi) is 4.74. The fraction of sp³-hybridized carbons (Fsp3) is 0.467. The second-order valence-corrected chi connectivity index (χ2v) is 5.10. The van der Waals surface area contributed by atoms with Crippen molar-refractivity contribution in [3.63, 3.8) is 0 Å². The monoisotopic (exact) mass is 276 g/mol. The average Bonchev–Trinajstić information content (AvgIpc) is 2.47. The summed E-state index contributed by atoms with van der Waals surface area (Å²) in [4.78, 5) is 25.6. The maximum atomic E-state index is 12.3. The molecule has 0 spiro atoms. The highest BCUT2D eigenvalue weighted by molar-refractivity contribution is 6.00. The standard InChI is InChI=1S/C15H20N2O3/c1-20-14-7-3-2-6-12(14)13(18)10-17-8-4-5-11(9-17)15(16)19/h2-3,6-7,11H,4-5,8-10H2,1H3,(H2,16,19). The lowest BCUT2D eigenvalue weighted by atomic mass is 9.97. The van der Waals surface area contributed by atoms with Crippen molar-refractivity contribution >= 4 is 11.7 Å². The van der Waals surface area contributed by atoms with Crippen LogP contribution in [-0.2, 0) is 4.79 Å². The van der Waals surface area contributed by atoms with E-state index in [2.05, 4.69) is 0 Å². The highest BCUT2D eigenvalue weighted by atomic mass is 16.5. The van der Waals surface area contributed by atoms with Crippen LogP contribution in [0.2, 0.25) is 0 Å². The number of amides is 1. The molecule has 0 radical (unpaired) electrons. The smallest absolute Gasteiger partial charge is 0.221 e. The number of hydrogen-bond acceptors (Lipinski definition) is 4. The number of hydrogen-bond donors (Lipinski definition) is 1. The minimum atomic E-state index is -0.278. The predicted molar refractivity (Wildman–Crippen MR) is 75.7 cm³/mol. The van der Waals surface area contributed by atoms with Crippen molar-refractivity contribution < 1.29 is 14.3 Å². The summed E-state index contributed by atoms with van der Waals surface area (Å²) in [5, 5.41) is 0. The number of likely N-dealkylation sites (tertiary alicyclic amines) is 1. The van der Waals surface area contributed by atoms with Gasteiger partial charge >= 0.3 is 0 Å². The van der Waals surface area contributed by atoms with Gasteiger partial charge in [-0.1, -0.05) is 12.1 Å². The number of primary amides is 1. The number of para-hydroxylation sites is 1. The highest BCUT2D eigenvalue weighted by Crippen LogP contribution is 2.20. The number of carbonyl (C=O) groups excluding carboxylic acids is 2. The van der Waals surface area contributed by atoms with E-state index in [-0.39, 0.29) is 17.6 Å². The average molecular weight is 276 g/mol. The number of carbonyl (C=O) groups is 2. The van der Waals surface area contributed by atoms with E-state index in [1.807, 2.05) is 17.0 Å². The minimum Gasteiger partial charge on any atom is -0.496 e. The third kappa shape index (κ3) is 3.36. The zero-order valence-electron chi connectivity index (χ0n) is 11.7. The summed E-state index contributed by atoms with van der Waals surface area (Å²) in [5.41, 5.74) is 5.93. The summed E-state index contributed by atoms with van der Waals surface area (Å²) in [6.45, 7) is 1.69. The Morgan fingerprint density at radius 3 is 2.85 bits per heavy atom. The van der Waals surface area contributed by atoms with Crippen molar-refractivity contribution in [2.45, 2.75) is 12.8 Å². The number of piperidine rings is 1. The summed E-state index contributed by atoms with van der Waals surface area (Å²) < 4.78 is 5.20. The van der Waals surface area contributed by atoms with Crippen molar-refractivity contribution in [2.24, 2.45) is 11.7 Å². The van der Waals surface area contributed by atoms with E-state index >= 15 is 0 Å². The van der Waals surface area contributed by atoms with Crippen molar-refractivity contribution in [3.05, 3.63) is 29.8 Å². The number of nitrogens with two attached hydrogens (primary N) is 1. The van der Waals surface area contributed by atoms with Gasteiger partial charge in [0, 0.05) is 6.54 Å². The van der Waals surface area contributed by atoms with Crippen LogP contribution in [0.3, 0.4) is 0 Å². The molecule has 1 fully saturated rings. The molecule has 1 amide bonds. The topological polar surface area (TPSA) is 72.6 Å². The second kappa shape index (κ2) is 6.52. The van der Waals surface area contributed by atoms with Gasteiger partial charge in [0.1, 0.15) is 5.75 Å². The number of ether oxygens (including phenoxy) is 1. The molecule has 0 saturated carbocycles. The van der Waals surface area contributed by atoms with E-state index in [0.29, 0.717) is 24.4 Å². The molecule has 2 rings (SSSR count). The molecule has 1 saturated heterocycles. The van der Waals surface area contributed by atoms with E-state index in [9.17, 15) is 9.59 Å². The number of nitrogens with zero attached hydrogens (tertiary/aromatic N) is 1. The van der Waals surface area contributed by atoms with Crippen LogP contribution in [0.5, 0.6) is 5.75 Å². The SMILES string of the molecule is COc1ccccc1C(=O)CN1CCCC(C(N)=O)C1. The molecule has 1 atom stereocenters. The van der Waals surface area contributed by atoms with Crippen LogP contribution >= 0.6 is 0 Å². The Bertz CT molecular complexity index is 502. The van der Waals surface area contributed by atoms with Crippen LogP contribution in [0.25, 0.3) is 0 Å². The molecule has 1 aliphatic rings. The van der Waals surface area contributed by atoms with Gasteiger partial charge in [0.15, 0.2) is 5.78 Å². The van der Waals surface area contributed by atoms with Crippen LogP contribution in [0, 0.1) is 5.92 Å². The van der Waals surface area contributed by atoms with Gasteiger partial charge in [-0.25, -0.2) is 0 Å². The lowest BCUT2D eigenvalue weighted by molar-refractivity contribution is -0.123. The predicted octanol–water partition coefficient (Wildman–Crippen LogP) is 1.08. The Labute approximate surface area is 118 Å². The van der Waals surface area contributed by atoms with Gasteiger partial charge in [-0.05, 0) is 31.5 Å². The third-order valence-corrected chi connectivity index (χ3v) is 3.68. The molecule has 20 heavy (non-hydrogen) atoms. The Hall–Kier alpha value is -1.88. The number of benzene rings is 1. The normalized spacial score (nSPS) is 19.6. The van der Waals surface area contributed by atoms with Gasteiger partial charge in [-0.15, -0.1) is 0 Å². The van der Waals surface area contributed by atoms with Crippen molar-refractivity contribution in [1.82, 2.24) is 4.90 Å². The van der Waals surface area contributed by atoms with Gasteiger partial charge in [0.25, 0.3) is 0 Å². The first-order valence-corrected chi connectivity index (χ1v) is 6.79. The van der Waals surface area contributed by atoms with E-state index in [0.717, 1.165) is 19.4 Å². The van der Waals surface area contributed by atoms with Crippen molar-refractivity contribution in [1.29, 1.82) is 0 Å². The van der Waals surface area contributed by atoms with Crippen molar-refractivity contribution in [2.75, 3.05) is 26.7 Å². The number of rotatable bonds is 5. The highest BCUT2D eigenvalue weighted by Gasteiger charge is 2.25. The van der Waals surface area contributed by atoms with E-state index in [1.54, 1.807) is 19.2 Å². The maximum absolute atomic E-state index is 12.3. The summed E-state index contributed by atoms with van der Waals surface area (Å²) in [6, 6.07) is 7.18. The molecular formula is C15H20N2O3. The molecule has 1 aromatic rings. The molecule has 1 aliphatic heterocycles. The second-order valence-electron chi connectivity index (χ2n) is 5.10. The zero-order chi connectivity index (χ0) is 14.5. The zero-order valence-corrected chi connectivity index (χ0v) is 11.7. The molecule has 5 nitrogen and oxygen atoms in total. The van der Waals surface area contributed by atoms with E-state index in [1.165, 1.54) is 0 Å². The van der Waals surface area contributed by atoms with E-state index in [4.69, 9.17) is 10.5 Å². The fourth-order valence-electron chi connectivity index (χ4n) is 2.59. The van der Waals surface area contributed by atoms with Crippen molar-refractivity contribution in [3.8, 4) is 5.75 Å². The summed E-state index contributed by atoms with van der Waals surface area (Å²) in [5.74, 6) is 0.169. The Balaban J connectivity index is 2.02. The molecule has 5 heteroatoms. The van der Waals surface area contributed by atoms with Gasteiger partial charge in [-0.3, -0.25) is 14.5 Å². The molecule has 108 valence electrons.